The Labute approximate surface area is 402 Å². The maximum absolute atomic E-state index is 12.8. The van der Waals surface area contributed by atoms with Gasteiger partial charge in [-0.15, -0.1) is 0 Å². The number of hydrogen-bond acceptors (Lipinski definition) is 12. The molecule has 0 aromatic heterocycles. The molecule has 0 aliphatic heterocycles. The quantitative estimate of drug-likeness (QED) is 0.0146. The molecule has 6 unspecified atom stereocenters. The second kappa shape index (κ2) is 41.7. The van der Waals surface area contributed by atoms with Gasteiger partial charge in [0, 0.05) is 12.8 Å². The van der Waals surface area contributed by atoms with Crippen LogP contribution < -0.4 is 0 Å². The van der Waals surface area contributed by atoms with Crippen molar-refractivity contribution in [2.24, 2.45) is 0 Å². The fourth-order valence-electron chi connectivity index (χ4n) is 6.93. The molecule has 0 amide bonds. The summed E-state index contributed by atoms with van der Waals surface area (Å²) >= 11 is 0. The molecule has 382 valence electrons. The van der Waals surface area contributed by atoms with E-state index in [4.69, 9.17) is 18.5 Å². The second-order valence-corrected chi connectivity index (χ2v) is 18.3. The van der Waals surface area contributed by atoms with E-state index in [2.05, 4.69) is 92.8 Å². The number of esters is 2. The first-order valence-electron chi connectivity index (χ1n) is 25.0. The van der Waals surface area contributed by atoms with Crippen molar-refractivity contribution in [2.75, 3.05) is 13.2 Å². The third kappa shape index (κ3) is 33.8. The van der Waals surface area contributed by atoms with Crippen molar-refractivity contribution >= 4 is 19.8 Å². The fourth-order valence-corrected chi connectivity index (χ4v) is 7.90. The van der Waals surface area contributed by atoms with Crippen LogP contribution in [0.5, 0.6) is 0 Å². The number of phosphoric ester groups is 1. The number of phosphoric acid groups is 1. The summed E-state index contributed by atoms with van der Waals surface area (Å²) in [6.45, 7) is 3.10. The van der Waals surface area contributed by atoms with Gasteiger partial charge in [-0.3, -0.25) is 18.6 Å². The van der Waals surface area contributed by atoms with Gasteiger partial charge < -0.3 is 39.9 Å². The molecular formula is C53H87O13P. The van der Waals surface area contributed by atoms with E-state index in [1.165, 1.54) is 51.4 Å². The number of rotatable bonds is 40. The Balaban J connectivity index is 2.48. The molecular weight excluding hydrogens is 876 g/mol. The van der Waals surface area contributed by atoms with Crippen LogP contribution in [0.3, 0.4) is 0 Å². The first-order valence-corrected chi connectivity index (χ1v) is 26.5. The predicted octanol–water partition coefficient (Wildman–Crippen LogP) is 10.6. The molecule has 0 heterocycles. The maximum Gasteiger partial charge on any atom is 0.472 e. The fraction of sp³-hybridized carbons (Fsp3) is 0.660. The van der Waals surface area contributed by atoms with Crippen molar-refractivity contribution in [3.05, 3.63) is 97.2 Å². The van der Waals surface area contributed by atoms with E-state index in [-0.39, 0.29) is 12.8 Å². The Morgan fingerprint density at radius 3 is 1.36 bits per heavy atom. The highest BCUT2D eigenvalue weighted by atomic mass is 31.2. The van der Waals surface area contributed by atoms with Crippen LogP contribution in [-0.4, -0.2) is 98.3 Å². The first kappa shape index (κ1) is 61.8. The number of carbonyl (C=O) groups is 2. The van der Waals surface area contributed by atoms with Gasteiger partial charge in [0.05, 0.1) is 6.61 Å². The Bertz CT molecular complexity index is 1530. The molecule has 1 rings (SSSR count). The minimum absolute atomic E-state index is 0.0346. The minimum Gasteiger partial charge on any atom is -0.462 e. The minimum atomic E-state index is -5.15. The van der Waals surface area contributed by atoms with Crippen molar-refractivity contribution in [3.8, 4) is 0 Å². The van der Waals surface area contributed by atoms with Crippen molar-refractivity contribution in [1.29, 1.82) is 0 Å². The van der Waals surface area contributed by atoms with E-state index < -0.39 is 75.7 Å². The molecule has 67 heavy (non-hydrogen) atoms. The molecule has 0 bridgehead atoms. The highest BCUT2D eigenvalue weighted by molar-refractivity contribution is 7.47. The highest BCUT2D eigenvalue weighted by Gasteiger charge is 2.51. The van der Waals surface area contributed by atoms with Crippen LogP contribution in [0.15, 0.2) is 97.2 Å². The lowest BCUT2D eigenvalue weighted by Crippen LogP contribution is -2.64. The molecule has 0 aromatic rings. The predicted molar refractivity (Wildman–Crippen MR) is 267 cm³/mol. The van der Waals surface area contributed by atoms with Crippen LogP contribution in [0.4, 0.5) is 0 Å². The van der Waals surface area contributed by atoms with Crippen LogP contribution in [0.1, 0.15) is 168 Å². The van der Waals surface area contributed by atoms with E-state index in [9.17, 15) is 44.6 Å². The van der Waals surface area contributed by atoms with Gasteiger partial charge in [-0.2, -0.15) is 0 Å². The van der Waals surface area contributed by atoms with Crippen molar-refractivity contribution in [2.45, 2.75) is 211 Å². The molecule has 0 aromatic carbocycles. The standard InChI is InChI=1S/C53H87O13P/c1-3-5-7-9-11-13-15-17-19-21-23-25-27-29-31-33-35-37-39-41-46(54)63-43-45(44-64-67(61,62)66-53-51(59)49(57)48(56)50(58)52(53)60)65-47(55)42-40-38-36-34-32-30-28-26-24-22-20-18-16-14-12-10-8-6-4-2/h6,8,11-14,17-20,24,26,30,32,36,38,45,48-53,56-60H,3-5,7,9-10,15-16,21-23,25,27-29,31,33-35,37,39-44H2,1-2H3,(H,61,62)/b8-6-,13-11-,14-12-,19-17-,20-18-,26-24-,32-30-,38-36-. The summed E-state index contributed by atoms with van der Waals surface area (Å²) in [5, 5.41) is 50.2. The highest BCUT2D eigenvalue weighted by Crippen LogP contribution is 2.47. The summed E-state index contributed by atoms with van der Waals surface area (Å²) in [7, 11) is -5.15. The van der Waals surface area contributed by atoms with Crippen molar-refractivity contribution in [3.63, 3.8) is 0 Å². The van der Waals surface area contributed by atoms with Gasteiger partial charge in [0.2, 0.25) is 0 Å². The summed E-state index contributed by atoms with van der Waals surface area (Å²) in [6, 6.07) is 0. The van der Waals surface area contributed by atoms with Gasteiger partial charge in [0.25, 0.3) is 0 Å². The molecule has 13 nitrogen and oxygen atoms in total. The molecule has 14 heteroatoms. The van der Waals surface area contributed by atoms with Crippen molar-refractivity contribution in [1.82, 2.24) is 0 Å². The second-order valence-electron chi connectivity index (χ2n) is 16.9. The molecule has 1 saturated carbocycles. The number of unbranched alkanes of at least 4 members (excludes halogenated alkanes) is 12. The third-order valence-corrected chi connectivity index (χ3v) is 11.9. The van der Waals surface area contributed by atoms with Gasteiger partial charge in [0.15, 0.2) is 6.10 Å². The largest absolute Gasteiger partial charge is 0.472 e. The molecule has 6 N–H and O–H groups in total. The van der Waals surface area contributed by atoms with Crippen LogP contribution in [0.25, 0.3) is 0 Å². The summed E-state index contributed by atoms with van der Waals surface area (Å²) in [6.07, 6.45) is 43.2. The van der Waals surface area contributed by atoms with Crippen LogP contribution in [0, 0.1) is 0 Å². The summed E-state index contributed by atoms with van der Waals surface area (Å²) in [4.78, 5) is 35.8. The lowest BCUT2D eigenvalue weighted by atomic mass is 9.85. The molecule has 0 radical (unpaired) electrons. The summed E-state index contributed by atoms with van der Waals surface area (Å²) in [5.41, 5.74) is 0. The van der Waals surface area contributed by atoms with Crippen LogP contribution in [0.2, 0.25) is 0 Å². The Kier molecular flexibility index (Phi) is 38.5. The normalized spacial score (nSPS) is 22.0. The van der Waals surface area contributed by atoms with E-state index >= 15 is 0 Å². The van der Waals surface area contributed by atoms with Gasteiger partial charge in [0.1, 0.15) is 43.2 Å². The van der Waals surface area contributed by atoms with Crippen molar-refractivity contribution < 1.29 is 63.1 Å². The zero-order valence-electron chi connectivity index (χ0n) is 40.7. The average Bonchev–Trinajstić information content (AvgIpc) is 3.31. The van der Waals surface area contributed by atoms with E-state index in [1.807, 2.05) is 18.2 Å². The van der Waals surface area contributed by atoms with E-state index in [0.717, 1.165) is 70.6 Å². The first-order chi connectivity index (χ1) is 32.4. The maximum atomic E-state index is 12.8. The Morgan fingerprint density at radius 2 is 0.881 bits per heavy atom. The average molecular weight is 963 g/mol. The third-order valence-electron chi connectivity index (χ3n) is 10.9. The van der Waals surface area contributed by atoms with Gasteiger partial charge in [-0.25, -0.2) is 4.57 Å². The smallest absolute Gasteiger partial charge is 0.462 e. The molecule has 0 saturated heterocycles. The SMILES string of the molecule is CC/C=C\C/C=C\C/C=C\C/C=C\C/C=C\C/C=C\CCC(=O)OC(COC(=O)CCCCCCCCCCC/C=C\C/C=C\CCCCC)COP(=O)(O)OC1C(O)C(O)C(O)C(O)C1O. The van der Waals surface area contributed by atoms with Gasteiger partial charge >= 0.3 is 19.8 Å². The number of ether oxygens (including phenoxy) is 2. The van der Waals surface area contributed by atoms with E-state index in [0.29, 0.717) is 19.3 Å². The number of allylic oxidation sites excluding steroid dienone is 16. The van der Waals surface area contributed by atoms with Crippen LogP contribution in [-0.2, 0) is 32.7 Å². The Hall–Kier alpha value is -3.23. The molecule has 1 aliphatic carbocycles. The lowest BCUT2D eigenvalue weighted by Gasteiger charge is -2.41. The summed E-state index contributed by atoms with van der Waals surface area (Å²) < 4.78 is 33.5. The number of hydrogen-bond donors (Lipinski definition) is 6. The number of aliphatic hydroxyl groups is 5. The zero-order valence-corrected chi connectivity index (χ0v) is 41.5. The number of aliphatic hydroxyl groups excluding tert-OH is 5. The van der Waals surface area contributed by atoms with E-state index in [1.54, 1.807) is 0 Å². The Morgan fingerprint density at radius 1 is 0.478 bits per heavy atom. The van der Waals surface area contributed by atoms with Crippen LogP contribution >= 0.6 is 7.82 Å². The topological polar surface area (TPSA) is 210 Å². The molecule has 1 aliphatic rings. The molecule has 6 atom stereocenters. The monoisotopic (exact) mass is 963 g/mol. The lowest BCUT2D eigenvalue weighted by molar-refractivity contribution is -0.220. The summed E-state index contributed by atoms with van der Waals surface area (Å²) in [5.74, 6) is -1.21. The zero-order chi connectivity index (χ0) is 49.2. The number of carbonyl (C=O) groups excluding carboxylic acids is 2. The van der Waals surface area contributed by atoms with Gasteiger partial charge in [-0.05, 0) is 83.5 Å². The molecule has 1 fully saturated rings. The molecule has 0 spiro atoms. The van der Waals surface area contributed by atoms with Gasteiger partial charge in [-0.1, -0.05) is 169 Å².